The minimum absolute atomic E-state index is 0.0131. The van der Waals surface area contributed by atoms with Crippen LogP contribution in [0.3, 0.4) is 0 Å². The van der Waals surface area contributed by atoms with Crippen LogP contribution in [0.4, 0.5) is 11.9 Å². The van der Waals surface area contributed by atoms with Crippen molar-refractivity contribution in [3.8, 4) is 11.5 Å². The first-order valence-corrected chi connectivity index (χ1v) is 35.3. The largest absolute Gasteiger partial charge is 0.494 e. The average Bonchev–Trinajstić information content (AvgIpc) is 1.63. The van der Waals surface area contributed by atoms with Gasteiger partial charge in [0.1, 0.15) is 40.5 Å². The Bertz CT molecular complexity index is 3630. The number of ether oxygens (including phenoxy) is 12. The molecule has 1 saturated heterocycles. The first-order chi connectivity index (χ1) is 51.9. The number of fused-ring (bicyclic) bond motifs is 2. The first kappa shape index (κ1) is 86.7. The highest BCUT2D eigenvalue weighted by atomic mass is 16.6. The molecule has 1 fully saturated rings. The normalized spacial score (nSPS) is 13.7. The quantitative estimate of drug-likeness (QED) is 0.00858. The van der Waals surface area contributed by atoms with E-state index in [4.69, 9.17) is 84.1 Å². The molecule has 4 heterocycles. The van der Waals surface area contributed by atoms with Crippen LogP contribution in [0.5, 0.6) is 11.5 Å². The van der Waals surface area contributed by atoms with Crippen molar-refractivity contribution in [3.63, 3.8) is 0 Å². The van der Waals surface area contributed by atoms with Crippen LogP contribution in [0.25, 0.3) is 22.1 Å². The SMILES string of the molecule is COc1cc(C(N)=O)cc2nc(NC(=O)/C(=C/C(C)=N)NCCO)n(C/C=C/Cn3c(NC(=O)/C(=C/C(C)=N)NCCO)nc4cc(C(N)=O)cc(OCCCN5CCN(CCOCCOCCOCCOCCOCCOCCOCCOCCOCCOCCNC(=O)CN6C(=O)C=CC6=O)CC5)c43)c12. The molecule has 0 spiro atoms. The summed E-state index contributed by atoms with van der Waals surface area (Å²) in [5.74, 6) is -3.72. The van der Waals surface area contributed by atoms with Crippen LogP contribution in [0.1, 0.15) is 41.0 Å². The van der Waals surface area contributed by atoms with Crippen molar-refractivity contribution in [1.29, 1.82) is 10.8 Å². The predicted molar refractivity (Wildman–Crippen MR) is 393 cm³/mol. The van der Waals surface area contributed by atoms with Gasteiger partial charge in [0.2, 0.25) is 29.6 Å². The molecule has 4 aromatic rings. The summed E-state index contributed by atoms with van der Waals surface area (Å²) in [7, 11) is 1.41. The van der Waals surface area contributed by atoms with Crippen molar-refractivity contribution < 1.29 is 101 Å². The zero-order valence-electron chi connectivity index (χ0n) is 61.2. The first-order valence-electron chi connectivity index (χ1n) is 35.3. The number of methoxy groups -OCH3 is 1. The molecule has 6 rings (SSSR count). The number of carbonyl (C=O) groups excluding carboxylic acids is 7. The van der Waals surface area contributed by atoms with Crippen molar-refractivity contribution in [1.82, 2.24) is 49.8 Å². The zero-order chi connectivity index (χ0) is 77.0. The Morgan fingerprint density at radius 2 is 0.879 bits per heavy atom. The number of aliphatic hydroxyl groups excluding tert-OH is 2. The Morgan fingerprint density at radius 1 is 0.505 bits per heavy atom. The van der Waals surface area contributed by atoms with Gasteiger partial charge in [0, 0.05) is 107 Å². The van der Waals surface area contributed by atoms with Crippen LogP contribution in [-0.4, -0.2) is 321 Å². The summed E-state index contributed by atoms with van der Waals surface area (Å²) in [5.41, 5.74) is 13.2. The van der Waals surface area contributed by atoms with E-state index in [0.717, 1.165) is 56.3 Å². The summed E-state index contributed by atoms with van der Waals surface area (Å²) in [5, 5.41) is 49.0. The molecule has 107 heavy (non-hydrogen) atoms. The molecule has 13 N–H and O–H groups in total. The van der Waals surface area contributed by atoms with Crippen LogP contribution in [0, 0.1) is 10.8 Å². The molecule has 2 aliphatic rings. The number of aromatic nitrogens is 4. The molecule has 7 amide bonds. The fourth-order valence-corrected chi connectivity index (χ4v) is 10.5. The van der Waals surface area contributed by atoms with Crippen LogP contribution in [0.15, 0.2) is 72.1 Å². The number of amides is 7. The summed E-state index contributed by atoms with van der Waals surface area (Å²) >= 11 is 0. The van der Waals surface area contributed by atoms with Gasteiger partial charge in [-0.2, -0.15) is 0 Å². The van der Waals surface area contributed by atoms with E-state index >= 15 is 0 Å². The van der Waals surface area contributed by atoms with Gasteiger partial charge >= 0.3 is 0 Å². The maximum absolute atomic E-state index is 13.9. The minimum Gasteiger partial charge on any atom is -0.494 e. The third-order valence-electron chi connectivity index (χ3n) is 15.7. The lowest BCUT2D eigenvalue weighted by molar-refractivity contribution is -0.141. The smallest absolute Gasteiger partial charge is 0.274 e. The number of benzene rings is 2. The molecule has 37 nitrogen and oxygen atoms in total. The topological polar surface area (TPSA) is 476 Å². The summed E-state index contributed by atoms with van der Waals surface area (Å²) in [6, 6.07) is 5.93. The molecule has 2 aromatic heterocycles. The number of anilines is 2. The summed E-state index contributed by atoms with van der Waals surface area (Å²) < 4.78 is 71.1. The van der Waals surface area contributed by atoms with Crippen molar-refractivity contribution in [2.75, 3.05) is 235 Å². The lowest BCUT2D eigenvalue weighted by atomic mass is 10.1. The maximum Gasteiger partial charge on any atom is 0.274 e. The number of nitrogens with one attached hydrogen (secondary N) is 7. The number of imidazole rings is 2. The molecule has 2 aliphatic heterocycles. The molecule has 0 saturated carbocycles. The molecule has 37 heteroatoms. The van der Waals surface area contributed by atoms with Crippen molar-refractivity contribution >= 4 is 86.7 Å². The fraction of sp³-hybridized carbons (Fsp3) is 0.557. The summed E-state index contributed by atoms with van der Waals surface area (Å²) in [6.45, 7) is 15.9. The van der Waals surface area contributed by atoms with Gasteiger partial charge in [-0.25, -0.2) is 9.97 Å². The van der Waals surface area contributed by atoms with Gasteiger partial charge < -0.3 is 119 Å². The molecule has 590 valence electrons. The number of aliphatic hydroxyl groups is 2. The number of allylic oxidation sites excluding steroid dienone is 4. The number of imide groups is 1. The van der Waals surface area contributed by atoms with Gasteiger partial charge in [0.15, 0.2) is 0 Å². The second-order valence-electron chi connectivity index (χ2n) is 23.8. The van der Waals surface area contributed by atoms with Gasteiger partial charge in [-0.15, -0.1) is 0 Å². The van der Waals surface area contributed by atoms with Crippen molar-refractivity contribution in [3.05, 3.63) is 83.2 Å². The van der Waals surface area contributed by atoms with Crippen LogP contribution >= 0.6 is 0 Å². The van der Waals surface area contributed by atoms with E-state index in [2.05, 4.69) is 41.4 Å². The molecule has 0 bridgehead atoms. The number of rotatable bonds is 59. The zero-order valence-corrected chi connectivity index (χ0v) is 61.2. The van der Waals surface area contributed by atoms with Crippen molar-refractivity contribution in [2.45, 2.75) is 33.4 Å². The Morgan fingerprint density at radius 3 is 1.26 bits per heavy atom. The number of nitrogens with two attached hydrogens (primary N) is 2. The highest BCUT2D eigenvalue weighted by Crippen LogP contribution is 2.33. The molecule has 0 radical (unpaired) electrons. The molecule has 0 atom stereocenters. The molecule has 0 aliphatic carbocycles. The van der Waals surface area contributed by atoms with Gasteiger partial charge in [-0.1, -0.05) is 12.2 Å². The minimum atomic E-state index is -0.738. The van der Waals surface area contributed by atoms with E-state index in [1.165, 1.54) is 57.4 Å². The van der Waals surface area contributed by atoms with E-state index < -0.39 is 41.4 Å². The number of hydrogen-bond donors (Lipinski definition) is 11. The third-order valence-corrected chi connectivity index (χ3v) is 15.7. The van der Waals surface area contributed by atoms with Gasteiger partial charge in [0.25, 0.3) is 23.6 Å². The summed E-state index contributed by atoms with van der Waals surface area (Å²) in [6.07, 6.45) is 9.00. The molecular formula is C70H104N16O21. The third kappa shape index (κ3) is 31.7. The van der Waals surface area contributed by atoms with Crippen LogP contribution in [0.2, 0.25) is 0 Å². The van der Waals surface area contributed by atoms with Gasteiger partial charge in [-0.3, -0.25) is 54.0 Å². The molecular weight excluding hydrogens is 1400 g/mol. The number of piperazine rings is 1. The van der Waals surface area contributed by atoms with Crippen LogP contribution < -0.4 is 47.5 Å². The monoisotopic (exact) mass is 1500 g/mol. The highest BCUT2D eigenvalue weighted by Gasteiger charge is 2.27. The second kappa shape index (κ2) is 49.6. The standard InChI is InChI=1S/C70H104N16O21/c1-50(71)43-56(75-9-20-87)67(94)80-69-78-54-45-52(65(73)92)47-58(96-3)63(54)84(69)13-4-5-14-85-64-55(79-70(85)81-68(95)57(44-51(2)72)76-10-21-88)46-53(66(74)93)48-59(64)107-22-6-12-82-15-17-83(18-16-82)19-24-98-26-28-100-30-32-102-34-36-104-38-40-106-42-41-105-39-37-103-35-33-101-31-29-99-27-25-97-23-11-77-60(89)49-86-61(90)7-8-62(86)91/h4-5,7-8,43-48,71-72,75-76,87-88H,6,9-42,49H2,1-3H3,(H2,73,92)(H2,74,93)(H,77,89)(H,78,80,94)(H,79,81,95)/b5-4+,56-43-,57-44-,71-50?,72-51?. The number of primary amides is 2. The Kier molecular flexibility index (Phi) is 40.2. The molecule has 0 unspecified atom stereocenters. The van der Waals surface area contributed by atoms with E-state index in [-0.39, 0.29) is 134 Å². The van der Waals surface area contributed by atoms with E-state index in [0.29, 0.717) is 143 Å². The predicted octanol–water partition coefficient (Wildman–Crippen LogP) is -0.670. The lowest BCUT2D eigenvalue weighted by Gasteiger charge is -2.34. The highest BCUT2D eigenvalue weighted by molar-refractivity contribution is 6.14. The van der Waals surface area contributed by atoms with E-state index in [1.54, 1.807) is 21.3 Å². The van der Waals surface area contributed by atoms with Gasteiger partial charge in [-0.05, 0) is 56.7 Å². The number of nitrogens with zero attached hydrogens (tertiary/aromatic N) is 7. The van der Waals surface area contributed by atoms with E-state index in [9.17, 15) is 43.8 Å². The number of carbonyl (C=O) groups is 7. The fourth-order valence-electron chi connectivity index (χ4n) is 10.5. The van der Waals surface area contributed by atoms with Gasteiger partial charge in [0.05, 0.1) is 170 Å². The Labute approximate surface area is 620 Å². The Balaban J connectivity index is 0.834. The second-order valence-corrected chi connectivity index (χ2v) is 23.8. The number of hydrogen-bond acceptors (Lipinski definition) is 29. The van der Waals surface area contributed by atoms with Crippen molar-refractivity contribution in [2.24, 2.45) is 11.5 Å². The lowest BCUT2D eigenvalue weighted by Crippen LogP contribution is -2.47. The Hall–Kier alpha value is -9.19. The average molecular weight is 1510 g/mol. The summed E-state index contributed by atoms with van der Waals surface area (Å²) in [4.78, 5) is 103. The van der Waals surface area contributed by atoms with Crippen LogP contribution in [-0.2, 0) is 84.4 Å². The van der Waals surface area contributed by atoms with E-state index in [1.807, 2.05) is 0 Å². The maximum atomic E-state index is 13.9. The molecule has 2 aromatic carbocycles.